The third kappa shape index (κ3) is 2.74. The zero-order valence-corrected chi connectivity index (χ0v) is 8.48. The number of carbonyl (C=O) groups excluding carboxylic acids is 1. The molecule has 2 nitrogen and oxygen atoms in total. The first-order chi connectivity index (χ1) is 6.11. The zero-order valence-electron chi connectivity index (χ0n) is 7.73. The number of carbonyl (C=O) groups is 1. The lowest BCUT2D eigenvalue weighted by Crippen LogP contribution is -2.19. The fourth-order valence-corrected chi connectivity index (χ4v) is 1.26. The van der Waals surface area contributed by atoms with Crippen LogP contribution in [0.25, 0.3) is 0 Å². The lowest BCUT2D eigenvalue weighted by Gasteiger charge is -2.06. The van der Waals surface area contributed by atoms with E-state index in [0.717, 1.165) is 16.1 Å². The normalized spacial score (nSPS) is 9.77. The highest BCUT2D eigenvalue weighted by molar-refractivity contribution is 6.32. The molecule has 70 valence electrons. The van der Waals surface area contributed by atoms with E-state index in [4.69, 9.17) is 11.6 Å². The number of rotatable bonds is 2. The SMILES string of the molecule is CC(=O)NCc1cccc(C)c1Cl. The summed E-state index contributed by atoms with van der Waals surface area (Å²) >= 11 is 6.03. The molecule has 1 aromatic carbocycles. The Kier molecular flexibility index (Phi) is 3.32. The minimum atomic E-state index is -0.0439. The van der Waals surface area contributed by atoms with Crippen LogP contribution in [0.15, 0.2) is 18.2 Å². The van der Waals surface area contributed by atoms with Crippen LogP contribution in [0.2, 0.25) is 5.02 Å². The topological polar surface area (TPSA) is 29.1 Å². The minimum absolute atomic E-state index is 0.0439. The highest BCUT2D eigenvalue weighted by atomic mass is 35.5. The van der Waals surface area contributed by atoms with Crippen LogP contribution in [-0.4, -0.2) is 5.91 Å². The van der Waals surface area contributed by atoms with Gasteiger partial charge in [-0.25, -0.2) is 0 Å². The predicted molar refractivity (Wildman–Crippen MR) is 53.7 cm³/mol. The van der Waals surface area contributed by atoms with Crippen molar-refractivity contribution >= 4 is 17.5 Å². The van der Waals surface area contributed by atoms with Gasteiger partial charge in [0.05, 0.1) is 0 Å². The molecule has 1 N–H and O–H groups in total. The summed E-state index contributed by atoms with van der Waals surface area (Å²) < 4.78 is 0. The molecule has 1 amide bonds. The van der Waals surface area contributed by atoms with Crippen molar-refractivity contribution in [1.29, 1.82) is 0 Å². The summed E-state index contributed by atoms with van der Waals surface area (Å²) in [5, 5.41) is 3.44. The maximum absolute atomic E-state index is 10.7. The molecule has 0 aliphatic heterocycles. The van der Waals surface area contributed by atoms with Gasteiger partial charge in [-0.15, -0.1) is 0 Å². The quantitative estimate of drug-likeness (QED) is 0.775. The third-order valence-corrected chi connectivity index (χ3v) is 2.34. The molecule has 1 aromatic rings. The Labute approximate surface area is 82.9 Å². The Hall–Kier alpha value is -1.02. The van der Waals surface area contributed by atoms with Crippen LogP contribution < -0.4 is 5.32 Å². The number of hydrogen-bond donors (Lipinski definition) is 1. The summed E-state index contributed by atoms with van der Waals surface area (Å²) in [6, 6.07) is 5.78. The maximum Gasteiger partial charge on any atom is 0.217 e. The fourth-order valence-electron chi connectivity index (χ4n) is 1.06. The molecule has 0 atom stereocenters. The Morgan fingerprint density at radius 3 is 2.85 bits per heavy atom. The number of benzene rings is 1. The van der Waals surface area contributed by atoms with Crippen molar-refractivity contribution in [3.8, 4) is 0 Å². The molecular weight excluding hydrogens is 186 g/mol. The van der Waals surface area contributed by atoms with Crippen molar-refractivity contribution in [3.05, 3.63) is 34.3 Å². The molecule has 0 saturated carbocycles. The van der Waals surface area contributed by atoms with Crippen molar-refractivity contribution in [3.63, 3.8) is 0 Å². The molecule has 0 radical (unpaired) electrons. The second-order valence-corrected chi connectivity index (χ2v) is 3.34. The van der Waals surface area contributed by atoms with Crippen LogP contribution in [0, 0.1) is 6.92 Å². The molecule has 0 unspecified atom stereocenters. The molecule has 0 aromatic heterocycles. The molecule has 0 fully saturated rings. The number of halogens is 1. The molecular formula is C10H12ClNO. The van der Waals surface area contributed by atoms with Crippen LogP contribution in [0.3, 0.4) is 0 Å². The van der Waals surface area contributed by atoms with E-state index in [-0.39, 0.29) is 5.91 Å². The summed E-state index contributed by atoms with van der Waals surface area (Å²) in [6.45, 7) is 3.93. The van der Waals surface area contributed by atoms with Crippen molar-refractivity contribution in [2.45, 2.75) is 20.4 Å². The van der Waals surface area contributed by atoms with Gasteiger partial charge < -0.3 is 5.32 Å². The molecule has 0 heterocycles. The van der Waals surface area contributed by atoms with E-state index in [2.05, 4.69) is 5.32 Å². The van der Waals surface area contributed by atoms with Gasteiger partial charge in [0.15, 0.2) is 0 Å². The van der Waals surface area contributed by atoms with E-state index in [1.807, 2.05) is 25.1 Å². The first kappa shape index (κ1) is 10.1. The number of amides is 1. The van der Waals surface area contributed by atoms with Crippen LogP contribution in [-0.2, 0) is 11.3 Å². The third-order valence-electron chi connectivity index (χ3n) is 1.80. The smallest absolute Gasteiger partial charge is 0.217 e. The summed E-state index contributed by atoms with van der Waals surface area (Å²) in [5.41, 5.74) is 1.99. The van der Waals surface area contributed by atoms with Crippen LogP contribution in [0.1, 0.15) is 18.1 Å². The van der Waals surface area contributed by atoms with E-state index in [1.54, 1.807) is 0 Å². The van der Waals surface area contributed by atoms with Crippen molar-refractivity contribution < 1.29 is 4.79 Å². The number of aryl methyl sites for hydroxylation is 1. The monoisotopic (exact) mass is 197 g/mol. The van der Waals surface area contributed by atoms with Gasteiger partial charge in [-0.2, -0.15) is 0 Å². The number of nitrogens with one attached hydrogen (secondary N) is 1. The van der Waals surface area contributed by atoms with Gasteiger partial charge >= 0.3 is 0 Å². The summed E-state index contributed by atoms with van der Waals surface area (Å²) in [5.74, 6) is -0.0439. The molecule has 0 aliphatic rings. The first-order valence-corrected chi connectivity index (χ1v) is 4.47. The lowest BCUT2D eigenvalue weighted by molar-refractivity contribution is -0.119. The van der Waals surface area contributed by atoms with Crippen LogP contribution in [0.4, 0.5) is 0 Å². The Morgan fingerprint density at radius 1 is 1.54 bits per heavy atom. The van der Waals surface area contributed by atoms with E-state index in [0.29, 0.717) is 6.54 Å². The van der Waals surface area contributed by atoms with Crippen molar-refractivity contribution in [2.24, 2.45) is 0 Å². The van der Waals surface area contributed by atoms with E-state index >= 15 is 0 Å². The molecule has 0 aliphatic carbocycles. The summed E-state index contributed by atoms with van der Waals surface area (Å²) in [7, 11) is 0. The summed E-state index contributed by atoms with van der Waals surface area (Å²) in [6.07, 6.45) is 0. The Balaban J connectivity index is 2.77. The molecule has 0 bridgehead atoms. The van der Waals surface area contributed by atoms with Crippen molar-refractivity contribution in [2.75, 3.05) is 0 Å². The van der Waals surface area contributed by atoms with E-state index < -0.39 is 0 Å². The Bertz CT molecular complexity index is 323. The van der Waals surface area contributed by atoms with Gasteiger partial charge in [0.2, 0.25) is 5.91 Å². The van der Waals surface area contributed by atoms with E-state index in [9.17, 15) is 4.79 Å². The van der Waals surface area contributed by atoms with Crippen molar-refractivity contribution in [1.82, 2.24) is 5.32 Å². The predicted octanol–water partition coefficient (Wildman–Crippen LogP) is 2.28. The van der Waals surface area contributed by atoms with Crippen LogP contribution in [0.5, 0.6) is 0 Å². The standard InChI is InChI=1S/C10H12ClNO/c1-7-4-3-5-9(10(7)11)6-12-8(2)13/h3-5H,6H2,1-2H3,(H,12,13). The average Bonchev–Trinajstić information content (AvgIpc) is 2.07. The highest BCUT2D eigenvalue weighted by Gasteiger charge is 2.02. The molecule has 0 saturated heterocycles. The van der Waals surface area contributed by atoms with Crippen LogP contribution >= 0.6 is 11.6 Å². The van der Waals surface area contributed by atoms with Gasteiger partial charge in [-0.3, -0.25) is 4.79 Å². The number of hydrogen-bond acceptors (Lipinski definition) is 1. The summed E-state index contributed by atoms with van der Waals surface area (Å²) in [4.78, 5) is 10.7. The zero-order chi connectivity index (χ0) is 9.84. The van der Waals surface area contributed by atoms with Gasteiger partial charge in [0, 0.05) is 18.5 Å². The molecule has 1 rings (SSSR count). The van der Waals surface area contributed by atoms with Gasteiger partial charge in [0.1, 0.15) is 0 Å². The van der Waals surface area contributed by atoms with Gasteiger partial charge in [-0.05, 0) is 18.1 Å². The fraction of sp³-hybridized carbons (Fsp3) is 0.300. The van der Waals surface area contributed by atoms with Gasteiger partial charge in [0.25, 0.3) is 0 Å². The minimum Gasteiger partial charge on any atom is -0.352 e. The molecule has 0 spiro atoms. The molecule has 3 heteroatoms. The maximum atomic E-state index is 10.7. The Morgan fingerprint density at radius 2 is 2.23 bits per heavy atom. The second-order valence-electron chi connectivity index (χ2n) is 2.96. The average molecular weight is 198 g/mol. The largest absolute Gasteiger partial charge is 0.352 e. The second kappa shape index (κ2) is 4.28. The first-order valence-electron chi connectivity index (χ1n) is 4.09. The van der Waals surface area contributed by atoms with Gasteiger partial charge in [-0.1, -0.05) is 29.8 Å². The van der Waals surface area contributed by atoms with E-state index in [1.165, 1.54) is 6.92 Å². The highest BCUT2D eigenvalue weighted by Crippen LogP contribution is 2.19. The molecule has 13 heavy (non-hydrogen) atoms. The lowest BCUT2D eigenvalue weighted by atomic mass is 10.1.